The molecule has 19 heavy (non-hydrogen) atoms. The predicted molar refractivity (Wildman–Crippen MR) is 75.5 cm³/mol. The molecule has 2 N–H and O–H groups in total. The summed E-state index contributed by atoms with van der Waals surface area (Å²) in [5, 5.41) is 7.35. The van der Waals surface area contributed by atoms with Crippen molar-refractivity contribution < 1.29 is 4.79 Å². The maximum Gasteiger partial charge on any atom is 0.147 e. The van der Waals surface area contributed by atoms with Gasteiger partial charge in [-0.3, -0.25) is 15.0 Å². The lowest BCUT2D eigenvalue weighted by Crippen LogP contribution is -2.52. The molecule has 6 unspecified atom stereocenters. The summed E-state index contributed by atoms with van der Waals surface area (Å²) in [5.74, 6) is 2.70. The number of likely N-dealkylation sites (tertiary alicyclic amines) is 1. The van der Waals surface area contributed by atoms with Crippen molar-refractivity contribution in [2.75, 3.05) is 13.6 Å². The van der Waals surface area contributed by atoms with Crippen LogP contribution in [0, 0.1) is 23.7 Å². The lowest BCUT2D eigenvalue weighted by molar-refractivity contribution is -0.123. The molecule has 108 valence electrons. The summed E-state index contributed by atoms with van der Waals surface area (Å²) in [5.41, 5.74) is 0. The number of nitrogens with zero attached hydrogens (tertiary/aromatic N) is 1. The third-order valence-corrected chi connectivity index (χ3v) is 5.59. The minimum Gasteiger partial charge on any atom is -0.302 e. The first-order valence-corrected chi connectivity index (χ1v) is 7.74. The van der Waals surface area contributed by atoms with Crippen LogP contribution in [0.4, 0.5) is 0 Å². The molecule has 6 atom stereocenters. The molecule has 3 aliphatic rings. The van der Waals surface area contributed by atoms with Gasteiger partial charge < -0.3 is 5.32 Å². The highest BCUT2D eigenvalue weighted by molar-refractivity contribution is 5.82. The number of rotatable bonds is 2. The maximum absolute atomic E-state index is 12.1. The van der Waals surface area contributed by atoms with Crippen LogP contribution in [0.1, 0.15) is 33.6 Å². The van der Waals surface area contributed by atoms with Crippen LogP contribution < -0.4 is 10.6 Å². The molecule has 3 fully saturated rings. The Balaban J connectivity index is 1.92. The fourth-order valence-electron chi connectivity index (χ4n) is 4.95. The number of carbonyl (C=O) groups is 1. The topological polar surface area (TPSA) is 44.4 Å². The predicted octanol–water partition coefficient (Wildman–Crippen LogP) is 1.03. The Morgan fingerprint density at radius 2 is 2.11 bits per heavy atom. The summed E-state index contributed by atoms with van der Waals surface area (Å²) in [6.07, 6.45) is 3.40. The van der Waals surface area contributed by atoms with Crippen molar-refractivity contribution >= 4 is 5.78 Å². The lowest BCUT2D eigenvalue weighted by atomic mass is 9.72. The standard InChI is InChI=1S/C15H27N3O/c1-8(2)11-12-10-6-5-7-16-14(10)17-15(12)18(4)13(11)9(3)19/h8,10-17H,5-7H2,1-4H3. The molecule has 0 radical (unpaired) electrons. The number of hydrogen-bond acceptors (Lipinski definition) is 4. The average molecular weight is 265 g/mol. The second-order valence-electron chi connectivity index (χ2n) is 6.97. The van der Waals surface area contributed by atoms with E-state index in [1.807, 2.05) is 0 Å². The number of piperidine rings is 1. The van der Waals surface area contributed by atoms with Gasteiger partial charge in [-0.1, -0.05) is 13.8 Å². The average Bonchev–Trinajstić information content (AvgIpc) is 2.85. The van der Waals surface area contributed by atoms with Gasteiger partial charge in [0.2, 0.25) is 0 Å². The molecule has 0 saturated carbocycles. The maximum atomic E-state index is 12.1. The summed E-state index contributed by atoms with van der Waals surface area (Å²) in [7, 11) is 2.12. The van der Waals surface area contributed by atoms with Gasteiger partial charge in [-0.15, -0.1) is 0 Å². The highest BCUT2D eigenvalue weighted by Gasteiger charge is 2.58. The minimum absolute atomic E-state index is 0.102. The normalized spacial score (nSPS) is 46.4. The van der Waals surface area contributed by atoms with Gasteiger partial charge in [-0.2, -0.15) is 0 Å². The van der Waals surface area contributed by atoms with E-state index in [0.717, 1.165) is 6.54 Å². The van der Waals surface area contributed by atoms with E-state index >= 15 is 0 Å². The molecule has 0 spiro atoms. The van der Waals surface area contributed by atoms with Crippen LogP contribution in [0.15, 0.2) is 0 Å². The molecule has 0 aliphatic carbocycles. The third-order valence-electron chi connectivity index (χ3n) is 5.59. The molecule has 3 aliphatic heterocycles. The Kier molecular flexibility index (Phi) is 3.44. The van der Waals surface area contributed by atoms with Crippen LogP contribution >= 0.6 is 0 Å². The fourth-order valence-corrected chi connectivity index (χ4v) is 4.95. The second-order valence-corrected chi connectivity index (χ2v) is 6.97. The quantitative estimate of drug-likeness (QED) is 0.783. The van der Waals surface area contributed by atoms with E-state index in [1.54, 1.807) is 6.92 Å². The summed E-state index contributed by atoms with van der Waals surface area (Å²) < 4.78 is 0. The van der Waals surface area contributed by atoms with Gasteiger partial charge in [0, 0.05) is 0 Å². The van der Waals surface area contributed by atoms with Crippen molar-refractivity contribution in [2.45, 2.75) is 52.0 Å². The summed E-state index contributed by atoms with van der Waals surface area (Å²) >= 11 is 0. The van der Waals surface area contributed by atoms with E-state index in [9.17, 15) is 4.79 Å². The smallest absolute Gasteiger partial charge is 0.147 e. The second kappa shape index (κ2) is 4.83. The monoisotopic (exact) mass is 265 g/mol. The highest BCUT2D eigenvalue weighted by atomic mass is 16.1. The summed E-state index contributed by atoms with van der Waals surface area (Å²) in [4.78, 5) is 14.4. The number of hydrogen-bond donors (Lipinski definition) is 2. The number of fused-ring (bicyclic) bond motifs is 3. The molecule has 0 aromatic rings. The van der Waals surface area contributed by atoms with Gasteiger partial charge in [0.15, 0.2) is 0 Å². The zero-order valence-electron chi connectivity index (χ0n) is 12.5. The van der Waals surface area contributed by atoms with Crippen LogP contribution in [0.2, 0.25) is 0 Å². The van der Waals surface area contributed by atoms with E-state index in [0.29, 0.717) is 41.8 Å². The summed E-state index contributed by atoms with van der Waals surface area (Å²) in [6, 6.07) is 0.102. The van der Waals surface area contributed by atoms with Gasteiger partial charge in [0.25, 0.3) is 0 Å². The molecule has 3 heterocycles. The molecule has 0 aromatic heterocycles. The molecular weight excluding hydrogens is 238 g/mol. The van der Waals surface area contributed by atoms with E-state index in [2.05, 4.69) is 36.4 Å². The van der Waals surface area contributed by atoms with Gasteiger partial charge in [-0.05, 0) is 57.0 Å². The molecule has 3 rings (SSSR count). The zero-order valence-corrected chi connectivity index (χ0v) is 12.5. The van der Waals surface area contributed by atoms with Crippen LogP contribution in [0.25, 0.3) is 0 Å². The Labute approximate surface area is 116 Å². The number of Topliss-reactive ketones (excluding diaryl/α,β-unsaturated/α-hetero) is 1. The number of nitrogens with one attached hydrogen (secondary N) is 2. The van der Waals surface area contributed by atoms with Crippen LogP contribution in [-0.2, 0) is 4.79 Å². The largest absolute Gasteiger partial charge is 0.302 e. The zero-order chi connectivity index (χ0) is 13.7. The van der Waals surface area contributed by atoms with Gasteiger partial charge in [0.1, 0.15) is 5.78 Å². The van der Waals surface area contributed by atoms with E-state index in [-0.39, 0.29) is 6.04 Å². The fraction of sp³-hybridized carbons (Fsp3) is 0.933. The van der Waals surface area contributed by atoms with Crippen molar-refractivity contribution in [3.05, 3.63) is 0 Å². The van der Waals surface area contributed by atoms with Gasteiger partial charge in [0.05, 0.1) is 18.4 Å². The van der Waals surface area contributed by atoms with Crippen molar-refractivity contribution in [3.8, 4) is 0 Å². The first-order chi connectivity index (χ1) is 9.02. The Morgan fingerprint density at radius 1 is 1.37 bits per heavy atom. The summed E-state index contributed by atoms with van der Waals surface area (Å²) in [6.45, 7) is 7.44. The first kappa shape index (κ1) is 13.5. The molecule has 4 nitrogen and oxygen atoms in total. The van der Waals surface area contributed by atoms with Gasteiger partial charge in [-0.25, -0.2) is 0 Å². The Morgan fingerprint density at radius 3 is 2.74 bits per heavy atom. The van der Waals surface area contributed by atoms with Crippen LogP contribution in [0.5, 0.6) is 0 Å². The molecule has 0 amide bonds. The molecule has 4 heteroatoms. The molecule has 0 bridgehead atoms. The van der Waals surface area contributed by atoms with Crippen molar-refractivity contribution in [1.29, 1.82) is 0 Å². The number of ketones is 1. The Hall–Kier alpha value is -0.450. The molecular formula is C15H27N3O. The van der Waals surface area contributed by atoms with E-state index in [4.69, 9.17) is 0 Å². The van der Waals surface area contributed by atoms with Gasteiger partial charge >= 0.3 is 0 Å². The number of likely N-dealkylation sites (N-methyl/N-ethyl adjacent to an activating group) is 1. The van der Waals surface area contributed by atoms with Crippen LogP contribution in [0.3, 0.4) is 0 Å². The molecule has 3 saturated heterocycles. The number of carbonyl (C=O) groups excluding carboxylic acids is 1. The van der Waals surface area contributed by atoms with Crippen molar-refractivity contribution in [1.82, 2.24) is 15.5 Å². The first-order valence-electron chi connectivity index (χ1n) is 7.74. The molecule has 0 aromatic carbocycles. The Bertz CT molecular complexity index is 370. The van der Waals surface area contributed by atoms with E-state index < -0.39 is 0 Å². The van der Waals surface area contributed by atoms with Crippen molar-refractivity contribution in [2.24, 2.45) is 23.7 Å². The lowest BCUT2D eigenvalue weighted by Gasteiger charge is -2.35. The van der Waals surface area contributed by atoms with E-state index in [1.165, 1.54) is 12.8 Å². The SMILES string of the molecule is CC(=O)C1C(C(C)C)C2C3CCCNC3NC2N1C. The third kappa shape index (κ3) is 1.96. The van der Waals surface area contributed by atoms with Crippen molar-refractivity contribution in [3.63, 3.8) is 0 Å². The van der Waals surface area contributed by atoms with Crippen LogP contribution in [-0.4, -0.2) is 42.6 Å². The minimum atomic E-state index is 0.102. The highest BCUT2D eigenvalue weighted by Crippen LogP contribution is 2.48.